The van der Waals surface area contributed by atoms with Gasteiger partial charge < -0.3 is 9.64 Å². The van der Waals surface area contributed by atoms with Crippen LogP contribution in [0.1, 0.15) is 24.5 Å². The molecule has 0 aliphatic carbocycles. The smallest absolute Gasteiger partial charge is 0.233 e. The minimum absolute atomic E-state index is 0.0985. The van der Waals surface area contributed by atoms with Gasteiger partial charge in [0.15, 0.2) is 0 Å². The molecular weight excluding hydrogens is 338 g/mol. The Bertz CT molecular complexity index is 748. The fourth-order valence-corrected chi connectivity index (χ4v) is 3.49. The van der Waals surface area contributed by atoms with Crippen LogP contribution < -0.4 is 0 Å². The third-order valence-electron chi connectivity index (χ3n) is 4.45. The summed E-state index contributed by atoms with van der Waals surface area (Å²) in [7, 11) is 0. The summed E-state index contributed by atoms with van der Waals surface area (Å²) in [4.78, 5) is 14.3. The summed E-state index contributed by atoms with van der Waals surface area (Å²) in [5.74, 6) is 0.420. The number of carbonyl (C=O) groups is 1. The maximum absolute atomic E-state index is 12.5. The average Bonchev–Trinajstić information content (AvgIpc) is 3.10. The third kappa shape index (κ3) is 4.19. The Hall–Kier alpha value is -1.93. The van der Waals surface area contributed by atoms with Gasteiger partial charge in [0.1, 0.15) is 0 Å². The molecule has 1 fully saturated rings. The summed E-state index contributed by atoms with van der Waals surface area (Å²) < 4.78 is 7.30. The van der Waals surface area contributed by atoms with E-state index in [1.165, 1.54) is 22.9 Å². The molecule has 25 heavy (non-hydrogen) atoms. The number of morpholine rings is 1. The summed E-state index contributed by atoms with van der Waals surface area (Å²) in [5, 5.41) is 12.5. The molecule has 0 N–H and O–H groups in total. The van der Waals surface area contributed by atoms with Crippen LogP contribution in [-0.2, 0) is 9.53 Å². The Labute approximate surface area is 151 Å². The van der Waals surface area contributed by atoms with E-state index in [2.05, 4.69) is 36.3 Å². The number of carbonyl (C=O) groups excluding carboxylic acids is 1. The van der Waals surface area contributed by atoms with Crippen molar-refractivity contribution < 1.29 is 9.53 Å². The van der Waals surface area contributed by atoms with Crippen LogP contribution in [0, 0.1) is 13.8 Å². The van der Waals surface area contributed by atoms with Crippen molar-refractivity contribution in [3.63, 3.8) is 0 Å². The van der Waals surface area contributed by atoms with Gasteiger partial charge in [-0.25, -0.2) is 0 Å². The largest absolute Gasteiger partial charge is 0.375 e. The highest BCUT2D eigenvalue weighted by atomic mass is 32.2. The summed E-state index contributed by atoms with van der Waals surface area (Å²) in [6, 6.07) is 6.08. The van der Waals surface area contributed by atoms with Crippen LogP contribution in [0.15, 0.2) is 23.4 Å². The van der Waals surface area contributed by atoms with E-state index in [0.717, 1.165) is 12.1 Å². The number of benzene rings is 1. The summed E-state index contributed by atoms with van der Waals surface area (Å²) in [6.07, 6.45) is 1.06. The summed E-state index contributed by atoms with van der Waals surface area (Å²) in [6.45, 7) is 8.12. The normalized spacial score (nSPS) is 17.7. The monoisotopic (exact) mass is 361 g/mol. The van der Waals surface area contributed by atoms with Gasteiger partial charge in [-0.3, -0.25) is 4.79 Å². The number of amides is 1. The predicted octanol–water partition coefficient (Wildman–Crippen LogP) is 2.01. The molecule has 0 radical (unpaired) electrons. The molecule has 1 aliphatic rings. The van der Waals surface area contributed by atoms with Crippen molar-refractivity contribution in [3.05, 3.63) is 29.3 Å². The molecule has 1 atom stereocenters. The second-order valence-corrected chi connectivity index (χ2v) is 7.11. The minimum atomic E-state index is 0.0985. The Morgan fingerprint density at radius 1 is 1.36 bits per heavy atom. The molecule has 7 nitrogen and oxygen atoms in total. The van der Waals surface area contributed by atoms with E-state index in [9.17, 15) is 4.79 Å². The third-order valence-corrected chi connectivity index (χ3v) is 5.35. The lowest BCUT2D eigenvalue weighted by Crippen LogP contribution is -2.46. The Morgan fingerprint density at radius 2 is 2.20 bits per heavy atom. The highest BCUT2D eigenvalue weighted by Crippen LogP contribution is 2.21. The van der Waals surface area contributed by atoms with Gasteiger partial charge in [0.2, 0.25) is 11.1 Å². The first-order chi connectivity index (χ1) is 12.1. The van der Waals surface area contributed by atoms with E-state index in [1.54, 1.807) is 4.68 Å². The molecule has 1 aromatic heterocycles. The van der Waals surface area contributed by atoms with Gasteiger partial charge in [-0.05, 0) is 54.0 Å². The maximum atomic E-state index is 12.5. The molecule has 1 aliphatic heterocycles. The van der Waals surface area contributed by atoms with Crippen molar-refractivity contribution >= 4 is 17.7 Å². The molecule has 3 rings (SSSR count). The van der Waals surface area contributed by atoms with Crippen molar-refractivity contribution in [2.45, 2.75) is 38.5 Å². The van der Waals surface area contributed by atoms with Gasteiger partial charge in [0, 0.05) is 13.1 Å². The minimum Gasteiger partial charge on any atom is -0.375 e. The van der Waals surface area contributed by atoms with Crippen molar-refractivity contribution in [1.82, 2.24) is 25.1 Å². The number of ether oxygens (including phenoxy) is 1. The molecule has 1 saturated heterocycles. The molecule has 1 aromatic carbocycles. The first-order valence-corrected chi connectivity index (χ1v) is 9.45. The van der Waals surface area contributed by atoms with Gasteiger partial charge in [-0.2, -0.15) is 4.68 Å². The fraction of sp³-hybridized carbons (Fsp3) is 0.529. The number of aryl methyl sites for hydroxylation is 2. The van der Waals surface area contributed by atoms with E-state index in [4.69, 9.17) is 4.74 Å². The molecular formula is C17H23N5O2S. The van der Waals surface area contributed by atoms with Crippen LogP contribution in [0.5, 0.6) is 0 Å². The van der Waals surface area contributed by atoms with Gasteiger partial charge in [0.25, 0.3) is 0 Å². The first-order valence-electron chi connectivity index (χ1n) is 8.46. The lowest BCUT2D eigenvalue weighted by molar-refractivity contribution is -0.135. The summed E-state index contributed by atoms with van der Waals surface area (Å²) >= 11 is 1.36. The number of tetrazole rings is 1. The van der Waals surface area contributed by atoms with Crippen molar-refractivity contribution in [2.75, 3.05) is 25.4 Å². The topological polar surface area (TPSA) is 73.1 Å². The van der Waals surface area contributed by atoms with E-state index < -0.39 is 0 Å². The van der Waals surface area contributed by atoms with Crippen LogP contribution in [0.25, 0.3) is 5.69 Å². The van der Waals surface area contributed by atoms with Gasteiger partial charge in [-0.1, -0.05) is 24.8 Å². The van der Waals surface area contributed by atoms with Crippen LogP contribution in [0.4, 0.5) is 0 Å². The maximum Gasteiger partial charge on any atom is 0.233 e. The lowest BCUT2D eigenvalue weighted by Gasteiger charge is -2.32. The molecule has 1 unspecified atom stereocenters. The standard InChI is InChI=1S/C17H23N5O2S/c1-4-15-10-21(7-8-24-15)16(23)11-25-17-18-19-20-22(17)14-6-5-12(2)13(3)9-14/h5-6,9,15H,4,7-8,10-11H2,1-3H3. The van der Waals surface area contributed by atoms with E-state index in [1.807, 2.05) is 23.1 Å². The quantitative estimate of drug-likeness (QED) is 0.759. The summed E-state index contributed by atoms with van der Waals surface area (Å²) in [5.41, 5.74) is 3.30. The second-order valence-electron chi connectivity index (χ2n) is 6.17. The molecule has 0 bridgehead atoms. The van der Waals surface area contributed by atoms with Crippen LogP contribution in [0.3, 0.4) is 0 Å². The van der Waals surface area contributed by atoms with Crippen LogP contribution >= 0.6 is 11.8 Å². The van der Waals surface area contributed by atoms with Gasteiger partial charge >= 0.3 is 0 Å². The molecule has 2 aromatic rings. The first kappa shape index (κ1) is 17.9. The average molecular weight is 361 g/mol. The highest BCUT2D eigenvalue weighted by Gasteiger charge is 2.23. The number of hydrogen-bond acceptors (Lipinski definition) is 6. The number of hydrogen-bond donors (Lipinski definition) is 0. The number of nitrogens with zero attached hydrogens (tertiary/aromatic N) is 5. The molecule has 134 valence electrons. The van der Waals surface area contributed by atoms with Gasteiger partial charge in [-0.15, -0.1) is 5.10 Å². The second kappa shape index (κ2) is 7.97. The molecule has 0 saturated carbocycles. The Balaban J connectivity index is 1.65. The molecule has 0 spiro atoms. The molecule has 2 heterocycles. The number of aromatic nitrogens is 4. The van der Waals surface area contributed by atoms with E-state index in [-0.39, 0.29) is 12.0 Å². The van der Waals surface area contributed by atoms with Crippen LogP contribution in [0.2, 0.25) is 0 Å². The zero-order valence-electron chi connectivity index (χ0n) is 14.8. The van der Waals surface area contributed by atoms with E-state index in [0.29, 0.717) is 30.6 Å². The molecule has 8 heteroatoms. The fourth-order valence-electron chi connectivity index (χ4n) is 2.70. The van der Waals surface area contributed by atoms with E-state index >= 15 is 0 Å². The lowest BCUT2D eigenvalue weighted by atomic mass is 10.1. The van der Waals surface area contributed by atoms with Crippen molar-refractivity contribution in [1.29, 1.82) is 0 Å². The van der Waals surface area contributed by atoms with Crippen molar-refractivity contribution in [3.8, 4) is 5.69 Å². The zero-order chi connectivity index (χ0) is 17.8. The van der Waals surface area contributed by atoms with Crippen molar-refractivity contribution in [2.24, 2.45) is 0 Å². The number of thioether (sulfide) groups is 1. The number of rotatable bonds is 5. The Kier molecular flexibility index (Phi) is 5.70. The SMILES string of the molecule is CCC1CN(C(=O)CSc2nnnn2-c2ccc(C)c(C)c2)CCO1. The Morgan fingerprint density at radius 3 is 2.96 bits per heavy atom. The molecule has 1 amide bonds. The zero-order valence-corrected chi connectivity index (χ0v) is 15.6. The van der Waals surface area contributed by atoms with Gasteiger partial charge in [0.05, 0.1) is 24.2 Å². The highest BCUT2D eigenvalue weighted by molar-refractivity contribution is 7.99. The predicted molar refractivity (Wildman–Crippen MR) is 96.0 cm³/mol. The van der Waals surface area contributed by atoms with Crippen LogP contribution in [-0.4, -0.2) is 62.6 Å².